The number of halogens is 1. The predicted molar refractivity (Wildman–Crippen MR) is 159 cm³/mol. The molecule has 4 N–H and O–H groups in total. The van der Waals surface area contributed by atoms with E-state index < -0.39 is 35.3 Å². The van der Waals surface area contributed by atoms with Crippen LogP contribution in [-0.4, -0.2) is 68.5 Å². The van der Waals surface area contributed by atoms with Gasteiger partial charge in [0.1, 0.15) is 23.7 Å². The number of β-lactam (4-membered cyclic amide) rings is 1. The second-order valence-electron chi connectivity index (χ2n) is 9.09. The van der Waals surface area contributed by atoms with Crippen LogP contribution in [0.5, 0.6) is 0 Å². The smallest absolute Gasteiger partial charge is 0.352 e. The maximum absolute atomic E-state index is 12.9. The van der Waals surface area contributed by atoms with E-state index in [0.717, 1.165) is 13.4 Å². The van der Waals surface area contributed by atoms with Crippen LogP contribution in [0.1, 0.15) is 12.8 Å². The number of aromatic nitrogens is 1. The lowest BCUT2D eigenvalue weighted by Crippen LogP contribution is -2.70. The molecule has 0 unspecified atom stereocenters. The fraction of sp³-hybridized carbons (Fsp3) is 0.346. The van der Waals surface area contributed by atoms with Crippen molar-refractivity contribution in [3.8, 4) is 0 Å². The Morgan fingerprint density at radius 2 is 1.98 bits per heavy atom. The van der Waals surface area contributed by atoms with Gasteiger partial charge < -0.3 is 26.1 Å². The van der Waals surface area contributed by atoms with Crippen molar-refractivity contribution >= 4 is 81.6 Å². The topological polar surface area (TPSA) is 157 Å². The van der Waals surface area contributed by atoms with Gasteiger partial charge in [-0.15, -0.1) is 35.3 Å². The van der Waals surface area contributed by atoms with Gasteiger partial charge in [0.2, 0.25) is 5.91 Å². The molecule has 0 aliphatic carbocycles. The molecule has 1 aromatic carbocycles. The highest BCUT2D eigenvalue weighted by atomic mass is 127. The average molecular weight is 715 g/mol. The highest BCUT2D eigenvalue weighted by Gasteiger charge is 2.54. The molecule has 4 rings (SSSR count). The van der Waals surface area contributed by atoms with Crippen LogP contribution in [0.4, 0.5) is 0 Å². The highest BCUT2D eigenvalue weighted by molar-refractivity contribution is 14.1. The minimum atomic E-state index is -1.26. The number of carboxylic acids is 2. The number of hydrogen-bond donors (Lipinski definition) is 3. The third kappa shape index (κ3) is 7.72. The summed E-state index contributed by atoms with van der Waals surface area (Å²) in [6.45, 7) is 0.608. The number of aliphatic carboxylic acids is 2. The Balaban J connectivity index is 1.30. The number of nitrogens with two attached hydrogens (primary N) is 1. The number of hydrogen-bond acceptors (Lipinski definition) is 9. The summed E-state index contributed by atoms with van der Waals surface area (Å²) >= 11 is 6.51. The number of carbonyl (C=O) groups is 4. The minimum Gasteiger partial charge on any atom is -0.548 e. The van der Waals surface area contributed by atoms with Gasteiger partial charge in [-0.2, -0.15) is 0 Å². The van der Waals surface area contributed by atoms with E-state index in [1.165, 1.54) is 40.2 Å². The van der Waals surface area contributed by atoms with Gasteiger partial charge in [0.05, 0.1) is 11.7 Å². The quantitative estimate of drug-likeness (QED) is 0.119. The number of thioether (sulfide) groups is 3. The second-order valence-corrected chi connectivity index (χ2v) is 13.5. The first-order valence-electron chi connectivity index (χ1n) is 12.3. The molecular formula is C26H27IN4O6S3. The molecule has 0 spiro atoms. The number of benzene rings is 1. The Morgan fingerprint density at radius 1 is 1.23 bits per heavy atom. The van der Waals surface area contributed by atoms with Crippen LogP contribution in [0.3, 0.4) is 0 Å². The van der Waals surface area contributed by atoms with Crippen molar-refractivity contribution in [2.45, 2.75) is 46.6 Å². The molecule has 1 aromatic heterocycles. The van der Waals surface area contributed by atoms with Crippen molar-refractivity contribution in [1.82, 2.24) is 10.2 Å². The third-order valence-electron chi connectivity index (χ3n) is 6.24. The average Bonchev–Trinajstić information content (AvgIpc) is 2.93. The molecule has 40 heavy (non-hydrogen) atoms. The third-order valence-corrected chi connectivity index (χ3v) is 10.3. The molecule has 3 heterocycles. The van der Waals surface area contributed by atoms with Crippen molar-refractivity contribution < 1.29 is 34.0 Å². The van der Waals surface area contributed by atoms with Crippen LogP contribution in [0.2, 0.25) is 0 Å². The maximum Gasteiger partial charge on any atom is 0.352 e. The van der Waals surface area contributed by atoms with E-state index in [0.29, 0.717) is 36.5 Å². The molecule has 2 aliphatic rings. The Labute approximate surface area is 257 Å². The van der Waals surface area contributed by atoms with Gasteiger partial charge in [-0.25, -0.2) is 9.36 Å². The first-order valence-corrected chi connectivity index (χ1v) is 16.4. The van der Waals surface area contributed by atoms with E-state index in [1.807, 2.05) is 53.4 Å². The number of rotatable bonds is 13. The van der Waals surface area contributed by atoms with Crippen LogP contribution in [-0.2, 0) is 25.7 Å². The van der Waals surface area contributed by atoms with Gasteiger partial charge in [-0.1, -0.05) is 6.07 Å². The van der Waals surface area contributed by atoms with Crippen LogP contribution in [0.15, 0.2) is 69.9 Å². The Hall–Kier alpha value is -2.27. The second kappa shape index (κ2) is 14.1. The summed E-state index contributed by atoms with van der Waals surface area (Å²) in [6, 6.07) is 9.85. The Morgan fingerprint density at radius 3 is 2.65 bits per heavy atom. The summed E-state index contributed by atoms with van der Waals surface area (Å²) in [5.74, 6) is -2.09. The molecule has 3 atom stereocenters. The van der Waals surface area contributed by atoms with E-state index in [-0.39, 0.29) is 17.4 Å². The van der Waals surface area contributed by atoms with E-state index in [2.05, 4.69) is 27.9 Å². The highest BCUT2D eigenvalue weighted by Crippen LogP contribution is 2.41. The number of nitrogens with one attached hydrogen (secondary N) is 1. The van der Waals surface area contributed by atoms with Crippen molar-refractivity contribution in [2.24, 2.45) is 5.73 Å². The maximum atomic E-state index is 12.9. The fourth-order valence-corrected chi connectivity index (χ4v) is 8.08. The molecule has 2 amide bonds. The van der Waals surface area contributed by atoms with Gasteiger partial charge in [-0.05, 0) is 52.8 Å². The summed E-state index contributed by atoms with van der Waals surface area (Å²) in [7, 11) is 0. The number of aryl methyl sites for hydroxylation is 1. The van der Waals surface area contributed by atoms with Crippen molar-refractivity contribution in [3.05, 3.63) is 63.6 Å². The molecule has 212 valence electrons. The number of fused-ring (bicyclic) bond motifs is 1. The first-order chi connectivity index (χ1) is 19.1. The lowest BCUT2D eigenvalue weighted by molar-refractivity contribution is -0.697. The largest absolute Gasteiger partial charge is 0.548 e. The summed E-state index contributed by atoms with van der Waals surface area (Å²) in [5.41, 5.74) is 6.12. The van der Waals surface area contributed by atoms with Crippen LogP contribution in [0, 0.1) is 3.57 Å². The lowest BCUT2D eigenvalue weighted by atomic mass is 10.0. The zero-order valence-corrected chi connectivity index (χ0v) is 25.8. The normalized spacial score (nSPS) is 19.1. The molecule has 2 aromatic rings. The summed E-state index contributed by atoms with van der Waals surface area (Å²) in [5, 5.41) is 23.0. The Kier molecular flexibility index (Phi) is 10.8. The SMILES string of the molecule is N[C@@H](CCC[n+]1ccc(SCC2=C(C(=O)O)N3C(=O)[C@@H](NC(=O)CSc4cccc(I)c4)[C@H]3SC2)cc1)C(=O)[O-]. The molecule has 14 heteroatoms. The molecule has 1 saturated heterocycles. The van der Waals surface area contributed by atoms with E-state index >= 15 is 0 Å². The van der Waals surface area contributed by atoms with Gasteiger partial charge in [0.15, 0.2) is 12.4 Å². The van der Waals surface area contributed by atoms with Gasteiger partial charge in [0, 0.05) is 49.5 Å². The summed E-state index contributed by atoms with van der Waals surface area (Å²) < 4.78 is 2.99. The first kappa shape index (κ1) is 30.7. The van der Waals surface area contributed by atoms with Crippen molar-refractivity contribution in [3.63, 3.8) is 0 Å². The lowest BCUT2D eigenvalue weighted by Gasteiger charge is -2.49. The molecule has 0 saturated carbocycles. The molecule has 0 radical (unpaired) electrons. The summed E-state index contributed by atoms with van der Waals surface area (Å²) in [6.07, 6.45) is 4.65. The van der Waals surface area contributed by atoms with E-state index in [9.17, 15) is 29.4 Å². The van der Waals surface area contributed by atoms with E-state index in [1.54, 1.807) is 0 Å². The monoisotopic (exact) mass is 714 g/mol. The zero-order chi connectivity index (χ0) is 28.8. The molecule has 10 nitrogen and oxygen atoms in total. The standard InChI is InChI=1S/C26H27IN4O6S3/c27-16-3-1-4-18(11-16)39-14-20(32)29-21-23(33)31-22(26(36)37)15(13-40-24(21)31)12-38-17-6-9-30(10-7-17)8-2-5-19(28)25(34)35/h1,3-4,6-7,9-11,19,21,24H,2,5,8,12-14,28H2,(H2-,29,32,34,35,36,37)/t19-,21+,24+/m0/s1. The number of carboxylic acid groups (broad SMARTS) is 2. The fourth-order valence-electron chi connectivity index (χ4n) is 4.19. The predicted octanol–water partition coefficient (Wildman–Crippen LogP) is 1.06. The van der Waals surface area contributed by atoms with Gasteiger partial charge in [-0.3, -0.25) is 14.5 Å². The number of pyridine rings is 1. The number of amides is 2. The number of nitrogens with zero attached hydrogens (tertiary/aromatic N) is 2. The Bertz CT molecular complexity index is 1330. The minimum absolute atomic E-state index is 0.00441. The van der Waals surface area contributed by atoms with Gasteiger partial charge in [0.25, 0.3) is 5.91 Å². The molecule has 0 bridgehead atoms. The number of carbonyl (C=O) groups excluding carboxylic acids is 3. The zero-order valence-electron chi connectivity index (χ0n) is 21.2. The van der Waals surface area contributed by atoms with Crippen LogP contribution >= 0.6 is 57.9 Å². The van der Waals surface area contributed by atoms with Crippen molar-refractivity contribution in [1.29, 1.82) is 0 Å². The van der Waals surface area contributed by atoms with Gasteiger partial charge >= 0.3 is 5.97 Å². The molecular weight excluding hydrogens is 687 g/mol. The van der Waals surface area contributed by atoms with Crippen LogP contribution < -0.4 is 20.7 Å². The van der Waals surface area contributed by atoms with Crippen molar-refractivity contribution in [2.75, 3.05) is 17.3 Å². The van der Waals surface area contributed by atoms with E-state index in [4.69, 9.17) is 5.73 Å². The molecule has 1 fully saturated rings. The van der Waals surface area contributed by atoms with Crippen LogP contribution in [0.25, 0.3) is 0 Å². The molecule has 2 aliphatic heterocycles. The summed E-state index contributed by atoms with van der Waals surface area (Å²) in [4.78, 5) is 51.5.